The van der Waals surface area contributed by atoms with Crippen LogP contribution in [-0.2, 0) is 0 Å². The van der Waals surface area contributed by atoms with Crippen LogP contribution in [0.1, 0.15) is 23.2 Å². The standard InChI is InChI=1S/C13H15N3O2/c17-13(16-10-3-5-14-6-4-10)9-1-2-11-12(7-9)18-8-15-11/h1-2,7-8,10,14H,3-6H2,(H,16,17). The van der Waals surface area contributed by atoms with Gasteiger partial charge in [0.15, 0.2) is 12.0 Å². The van der Waals surface area contributed by atoms with Gasteiger partial charge < -0.3 is 15.1 Å². The fourth-order valence-corrected chi connectivity index (χ4v) is 2.23. The van der Waals surface area contributed by atoms with E-state index in [0.29, 0.717) is 11.1 Å². The van der Waals surface area contributed by atoms with E-state index < -0.39 is 0 Å². The lowest BCUT2D eigenvalue weighted by Gasteiger charge is -2.23. The number of aromatic nitrogens is 1. The number of carbonyl (C=O) groups is 1. The largest absolute Gasteiger partial charge is 0.443 e. The van der Waals surface area contributed by atoms with Gasteiger partial charge in [0.2, 0.25) is 0 Å². The number of fused-ring (bicyclic) bond motifs is 1. The Morgan fingerprint density at radius 1 is 1.39 bits per heavy atom. The number of oxazole rings is 1. The number of hydrogen-bond donors (Lipinski definition) is 2. The summed E-state index contributed by atoms with van der Waals surface area (Å²) in [4.78, 5) is 16.1. The van der Waals surface area contributed by atoms with Crippen LogP contribution in [0.2, 0.25) is 0 Å². The first-order valence-electron chi connectivity index (χ1n) is 6.18. The third kappa shape index (κ3) is 2.22. The summed E-state index contributed by atoms with van der Waals surface area (Å²) < 4.78 is 5.20. The molecule has 94 valence electrons. The first kappa shape index (κ1) is 11.2. The number of nitrogens with one attached hydrogen (secondary N) is 2. The second-order valence-electron chi connectivity index (χ2n) is 4.53. The van der Waals surface area contributed by atoms with Gasteiger partial charge in [0.25, 0.3) is 5.91 Å². The Morgan fingerprint density at radius 3 is 3.06 bits per heavy atom. The second-order valence-corrected chi connectivity index (χ2v) is 4.53. The first-order valence-corrected chi connectivity index (χ1v) is 6.18. The molecular formula is C13H15N3O2. The highest BCUT2D eigenvalue weighted by molar-refractivity contribution is 5.97. The summed E-state index contributed by atoms with van der Waals surface area (Å²) in [5.74, 6) is -0.0415. The molecule has 1 aliphatic heterocycles. The second kappa shape index (κ2) is 4.78. The molecule has 0 unspecified atom stereocenters. The van der Waals surface area contributed by atoms with E-state index in [1.165, 1.54) is 6.39 Å². The van der Waals surface area contributed by atoms with E-state index in [0.717, 1.165) is 31.4 Å². The van der Waals surface area contributed by atoms with E-state index in [1.54, 1.807) is 18.2 Å². The predicted octanol–water partition coefficient (Wildman–Crippen LogP) is 1.31. The van der Waals surface area contributed by atoms with Crippen molar-refractivity contribution in [2.24, 2.45) is 0 Å². The fraction of sp³-hybridized carbons (Fsp3) is 0.385. The molecule has 2 N–H and O–H groups in total. The SMILES string of the molecule is O=C(NC1CCNCC1)c1ccc2ncoc2c1. The van der Waals surface area contributed by atoms with E-state index in [4.69, 9.17) is 4.42 Å². The molecule has 2 aromatic rings. The Bertz CT molecular complexity index is 558. The van der Waals surface area contributed by atoms with E-state index in [-0.39, 0.29) is 11.9 Å². The quantitative estimate of drug-likeness (QED) is 0.837. The summed E-state index contributed by atoms with van der Waals surface area (Å²) >= 11 is 0. The van der Waals surface area contributed by atoms with Gasteiger partial charge in [-0.2, -0.15) is 0 Å². The fourth-order valence-electron chi connectivity index (χ4n) is 2.23. The van der Waals surface area contributed by atoms with Crippen LogP contribution >= 0.6 is 0 Å². The number of benzene rings is 1. The molecule has 1 aromatic heterocycles. The van der Waals surface area contributed by atoms with Gasteiger partial charge in [-0.1, -0.05) is 0 Å². The highest BCUT2D eigenvalue weighted by atomic mass is 16.3. The lowest BCUT2D eigenvalue weighted by molar-refractivity contribution is 0.0929. The monoisotopic (exact) mass is 245 g/mol. The van der Waals surface area contributed by atoms with Crippen LogP contribution < -0.4 is 10.6 Å². The number of rotatable bonds is 2. The van der Waals surface area contributed by atoms with Crippen LogP contribution in [0.25, 0.3) is 11.1 Å². The Balaban J connectivity index is 1.74. The van der Waals surface area contributed by atoms with Gasteiger partial charge in [0, 0.05) is 11.6 Å². The Kier molecular flexibility index (Phi) is 2.98. The Hall–Kier alpha value is -1.88. The van der Waals surface area contributed by atoms with Gasteiger partial charge in [0.1, 0.15) is 5.52 Å². The van der Waals surface area contributed by atoms with Crippen LogP contribution in [0, 0.1) is 0 Å². The van der Waals surface area contributed by atoms with Crippen molar-refractivity contribution in [1.29, 1.82) is 0 Å². The van der Waals surface area contributed by atoms with Gasteiger partial charge in [-0.15, -0.1) is 0 Å². The van der Waals surface area contributed by atoms with E-state index in [2.05, 4.69) is 15.6 Å². The molecule has 0 spiro atoms. The molecule has 0 radical (unpaired) electrons. The third-order valence-corrected chi connectivity index (χ3v) is 3.27. The zero-order valence-corrected chi connectivity index (χ0v) is 9.98. The molecule has 0 atom stereocenters. The minimum Gasteiger partial charge on any atom is -0.443 e. The lowest BCUT2D eigenvalue weighted by atomic mass is 10.1. The van der Waals surface area contributed by atoms with Gasteiger partial charge >= 0.3 is 0 Å². The van der Waals surface area contributed by atoms with Crippen LogP contribution in [-0.4, -0.2) is 30.0 Å². The smallest absolute Gasteiger partial charge is 0.251 e. The van der Waals surface area contributed by atoms with Crippen LogP contribution in [0.5, 0.6) is 0 Å². The Morgan fingerprint density at radius 2 is 2.22 bits per heavy atom. The summed E-state index contributed by atoms with van der Waals surface area (Å²) in [7, 11) is 0. The Labute approximate surface area is 105 Å². The number of nitrogens with zero attached hydrogens (tertiary/aromatic N) is 1. The summed E-state index contributed by atoms with van der Waals surface area (Å²) in [6.45, 7) is 1.93. The summed E-state index contributed by atoms with van der Waals surface area (Å²) in [6.07, 6.45) is 3.35. The van der Waals surface area contributed by atoms with E-state index in [1.807, 2.05) is 0 Å². The predicted molar refractivity (Wildman–Crippen MR) is 67.4 cm³/mol. The molecule has 5 nitrogen and oxygen atoms in total. The van der Waals surface area contributed by atoms with E-state index in [9.17, 15) is 4.79 Å². The van der Waals surface area contributed by atoms with Crippen molar-refractivity contribution < 1.29 is 9.21 Å². The zero-order chi connectivity index (χ0) is 12.4. The molecule has 5 heteroatoms. The molecule has 1 aliphatic rings. The highest BCUT2D eigenvalue weighted by Crippen LogP contribution is 2.14. The molecule has 3 rings (SSSR count). The van der Waals surface area contributed by atoms with Crippen LogP contribution in [0.4, 0.5) is 0 Å². The molecule has 1 fully saturated rings. The van der Waals surface area contributed by atoms with E-state index >= 15 is 0 Å². The van der Waals surface area contributed by atoms with Crippen molar-refractivity contribution in [2.75, 3.05) is 13.1 Å². The maximum atomic E-state index is 12.1. The molecule has 0 aliphatic carbocycles. The van der Waals surface area contributed by atoms with Gasteiger partial charge in [-0.05, 0) is 44.1 Å². The van der Waals surface area contributed by atoms with Crippen LogP contribution in [0.15, 0.2) is 29.0 Å². The van der Waals surface area contributed by atoms with Crippen molar-refractivity contribution in [3.05, 3.63) is 30.2 Å². The molecular weight excluding hydrogens is 230 g/mol. The molecule has 1 amide bonds. The van der Waals surface area contributed by atoms with Crippen molar-refractivity contribution in [3.63, 3.8) is 0 Å². The molecule has 18 heavy (non-hydrogen) atoms. The average Bonchev–Trinajstić information content (AvgIpc) is 2.87. The summed E-state index contributed by atoms with van der Waals surface area (Å²) in [5.41, 5.74) is 2.04. The molecule has 2 heterocycles. The van der Waals surface area contributed by atoms with Crippen molar-refractivity contribution >= 4 is 17.0 Å². The topological polar surface area (TPSA) is 67.2 Å². The van der Waals surface area contributed by atoms with Crippen molar-refractivity contribution in [2.45, 2.75) is 18.9 Å². The first-order chi connectivity index (χ1) is 8.83. The third-order valence-electron chi connectivity index (χ3n) is 3.27. The minimum atomic E-state index is -0.0415. The average molecular weight is 245 g/mol. The van der Waals surface area contributed by atoms with Crippen molar-refractivity contribution in [3.8, 4) is 0 Å². The maximum absolute atomic E-state index is 12.1. The summed E-state index contributed by atoms with van der Waals surface area (Å²) in [5, 5.41) is 6.32. The lowest BCUT2D eigenvalue weighted by Crippen LogP contribution is -2.42. The van der Waals surface area contributed by atoms with Crippen LogP contribution in [0.3, 0.4) is 0 Å². The van der Waals surface area contributed by atoms with Gasteiger partial charge in [-0.25, -0.2) is 4.98 Å². The summed E-state index contributed by atoms with van der Waals surface area (Å²) in [6, 6.07) is 5.58. The normalized spacial score (nSPS) is 16.9. The minimum absolute atomic E-state index is 0.0415. The highest BCUT2D eigenvalue weighted by Gasteiger charge is 2.16. The number of amides is 1. The zero-order valence-electron chi connectivity index (χ0n) is 9.98. The number of hydrogen-bond acceptors (Lipinski definition) is 4. The van der Waals surface area contributed by atoms with Gasteiger partial charge in [0.05, 0.1) is 0 Å². The molecule has 0 saturated carbocycles. The molecule has 0 bridgehead atoms. The number of piperidine rings is 1. The van der Waals surface area contributed by atoms with Crippen molar-refractivity contribution in [1.82, 2.24) is 15.6 Å². The van der Waals surface area contributed by atoms with Gasteiger partial charge in [-0.3, -0.25) is 4.79 Å². The number of carbonyl (C=O) groups excluding carboxylic acids is 1. The molecule has 1 saturated heterocycles. The maximum Gasteiger partial charge on any atom is 0.251 e. The molecule has 1 aromatic carbocycles.